The van der Waals surface area contributed by atoms with Crippen LogP contribution in [0.3, 0.4) is 0 Å². The summed E-state index contributed by atoms with van der Waals surface area (Å²) in [5.74, 6) is 0.787. The van der Waals surface area contributed by atoms with Gasteiger partial charge in [-0.15, -0.1) is 0 Å². The van der Waals surface area contributed by atoms with Gasteiger partial charge < -0.3 is 24.2 Å². The smallest absolute Gasteiger partial charge is 0.410 e. The van der Waals surface area contributed by atoms with Crippen molar-refractivity contribution in [2.45, 2.75) is 71.6 Å². The zero-order chi connectivity index (χ0) is 28.9. The minimum Gasteiger partial charge on any atom is -0.462 e. The zero-order valence-corrected chi connectivity index (χ0v) is 24.0. The fraction of sp³-hybridized carbons (Fsp3) is 0.394. The molecule has 3 aromatic rings. The molecule has 212 valence electrons. The molecule has 1 aliphatic rings. The molecule has 0 heterocycles. The molecule has 0 aliphatic heterocycles. The number of amides is 1. The number of hydrogen-bond donors (Lipinski definition) is 1. The van der Waals surface area contributed by atoms with Gasteiger partial charge in [0.1, 0.15) is 17.1 Å². The number of ether oxygens (including phenoxy) is 3. The molecule has 7 heteroatoms. The van der Waals surface area contributed by atoms with Gasteiger partial charge in [-0.05, 0) is 101 Å². The van der Waals surface area contributed by atoms with Crippen LogP contribution in [-0.4, -0.2) is 46.9 Å². The number of aliphatic hydroxyl groups is 1. The molecule has 4 rings (SSSR count). The predicted molar refractivity (Wildman–Crippen MR) is 154 cm³/mol. The van der Waals surface area contributed by atoms with E-state index in [9.17, 15) is 14.7 Å². The molecule has 3 aromatic carbocycles. The first-order valence-electron chi connectivity index (χ1n) is 13.8. The predicted octanol–water partition coefficient (Wildman–Crippen LogP) is 6.79. The summed E-state index contributed by atoms with van der Waals surface area (Å²) < 4.78 is 17.0. The van der Waals surface area contributed by atoms with E-state index in [-0.39, 0.29) is 12.6 Å². The molecule has 0 spiro atoms. The van der Waals surface area contributed by atoms with Gasteiger partial charge in [0.05, 0.1) is 24.8 Å². The second-order valence-electron chi connectivity index (χ2n) is 11.2. The Morgan fingerprint density at radius 1 is 1.00 bits per heavy atom. The molecule has 1 amide bonds. The molecule has 1 N–H and O–H groups in total. The lowest BCUT2D eigenvalue weighted by Gasteiger charge is -2.37. The van der Waals surface area contributed by atoms with Gasteiger partial charge in [0.15, 0.2) is 0 Å². The van der Waals surface area contributed by atoms with Crippen LogP contribution in [0.25, 0.3) is 0 Å². The Morgan fingerprint density at radius 2 is 1.73 bits per heavy atom. The van der Waals surface area contributed by atoms with Gasteiger partial charge in [-0.3, -0.25) is 0 Å². The van der Waals surface area contributed by atoms with Gasteiger partial charge in [-0.25, -0.2) is 9.59 Å². The summed E-state index contributed by atoms with van der Waals surface area (Å²) in [6.07, 6.45) is 0.883. The van der Waals surface area contributed by atoms with Crippen molar-refractivity contribution in [2.75, 3.05) is 13.2 Å². The van der Waals surface area contributed by atoms with Crippen molar-refractivity contribution < 1.29 is 28.9 Å². The maximum atomic E-state index is 13.4. The van der Waals surface area contributed by atoms with E-state index in [1.54, 1.807) is 36.1 Å². The summed E-state index contributed by atoms with van der Waals surface area (Å²) in [6.45, 7) is 9.74. The van der Waals surface area contributed by atoms with Crippen LogP contribution in [0.15, 0.2) is 66.7 Å². The Labute approximate surface area is 236 Å². The molecule has 0 bridgehead atoms. The molecule has 0 aromatic heterocycles. The average molecular weight is 546 g/mol. The highest BCUT2D eigenvalue weighted by Crippen LogP contribution is 2.32. The number of esters is 1. The van der Waals surface area contributed by atoms with Crippen LogP contribution in [0.1, 0.15) is 72.8 Å². The van der Waals surface area contributed by atoms with Crippen LogP contribution < -0.4 is 4.74 Å². The average Bonchev–Trinajstić information content (AvgIpc) is 2.91. The van der Waals surface area contributed by atoms with Crippen LogP contribution in [0, 0.1) is 6.92 Å². The number of aliphatic hydroxyl groups excluding tert-OH is 1. The molecule has 0 saturated carbocycles. The third-order valence-corrected chi connectivity index (χ3v) is 6.86. The van der Waals surface area contributed by atoms with Crippen LogP contribution >= 0.6 is 0 Å². The number of rotatable bonds is 8. The highest BCUT2D eigenvalue weighted by Gasteiger charge is 2.33. The first kappa shape index (κ1) is 29.2. The van der Waals surface area contributed by atoms with Crippen molar-refractivity contribution in [3.05, 3.63) is 94.5 Å². The Morgan fingerprint density at radius 3 is 2.42 bits per heavy atom. The van der Waals surface area contributed by atoms with Crippen molar-refractivity contribution in [1.29, 1.82) is 0 Å². The maximum absolute atomic E-state index is 13.4. The standard InChI is InChI=1S/C33H39NO6/c1-6-38-31(36)25-8-7-9-28(19-25)39-29-17-15-23-14-16-27(18-26(23)20-29)34(32(37)40-33(3,4)5)21-30(35)24-12-10-22(2)11-13-24/h7-13,15,17,19-20,27,30,35H,6,14,16,18,21H2,1-5H3/t27-,30+/m0/s1. The van der Waals surface area contributed by atoms with Crippen molar-refractivity contribution in [3.8, 4) is 11.5 Å². The molecule has 40 heavy (non-hydrogen) atoms. The second kappa shape index (κ2) is 12.6. The first-order valence-corrected chi connectivity index (χ1v) is 13.8. The van der Waals surface area contributed by atoms with Gasteiger partial charge in [-0.2, -0.15) is 0 Å². The summed E-state index contributed by atoms with van der Waals surface area (Å²) in [6, 6.07) is 20.4. The third kappa shape index (κ3) is 7.63. The normalized spacial score (nSPS) is 15.5. The number of nitrogens with zero attached hydrogens (tertiary/aromatic N) is 1. The molecule has 2 atom stereocenters. The number of carbonyl (C=O) groups is 2. The van der Waals surface area contributed by atoms with Crippen LogP contribution in [-0.2, 0) is 22.3 Å². The monoisotopic (exact) mass is 545 g/mol. The fourth-order valence-electron chi connectivity index (χ4n) is 4.85. The number of aryl methyl sites for hydroxylation is 2. The summed E-state index contributed by atoms with van der Waals surface area (Å²) >= 11 is 0. The van der Waals surface area contributed by atoms with Crippen molar-refractivity contribution in [1.82, 2.24) is 4.90 Å². The maximum Gasteiger partial charge on any atom is 0.410 e. The molecule has 0 fully saturated rings. The lowest BCUT2D eigenvalue weighted by molar-refractivity contribution is 0.00194. The highest BCUT2D eigenvalue weighted by molar-refractivity contribution is 5.89. The SMILES string of the molecule is CCOC(=O)c1cccc(Oc2ccc3c(c2)C[C@@H](N(C[C@@H](O)c2ccc(C)cc2)C(=O)OC(C)(C)C)CC3)c1. The van der Waals surface area contributed by atoms with Gasteiger partial charge >= 0.3 is 12.1 Å². The number of carbonyl (C=O) groups excluding carboxylic acids is 2. The molecule has 0 saturated heterocycles. The Bertz CT molecular complexity index is 1330. The van der Waals surface area contributed by atoms with Crippen LogP contribution in [0.2, 0.25) is 0 Å². The van der Waals surface area contributed by atoms with Crippen molar-refractivity contribution in [2.24, 2.45) is 0 Å². The molecule has 1 aliphatic carbocycles. The van der Waals surface area contributed by atoms with E-state index in [1.807, 2.05) is 64.1 Å². The molecule has 0 radical (unpaired) electrons. The lowest BCUT2D eigenvalue weighted by Crippen LogP contribution is -2.47. The van der Waals surface area contributed by atoms with Crippen molar-refractivity contribution in [3.63, 3.8) is 0 Å². The second-order valence-corrected chi connectivity index (χ2v) is 11.2. The first-order chi connectivity index (χ1) is 19.0. The summed E-state index contributed by atoms with van der Waals surface area (Å²) in [7, 11) is 0. The molecule has 7 nitrogen and oxygen atoms in total. The van der Waals surface area contributed by atoms with E-state index in [4.69, 9.17) is 14.2 Å². The Kier molecular flexibility index (Phi) is 9.15. The largest absolute Gasteiger partial charge is 0.462 e. The van der Waals surface area contributed by atoms with Gasteiger partial charge in [0, 0.05) is 6.04 Å². The summed E-state index contributed by atoms with van der Waals surface area (Å²) in [5, 5.41) is 11.1. The number of benzene rings is 3. The zero-order valence-electron chi connectivity index (χ0n) is 24.0. The fourth-order valence-corrected chi connectivity index (χ4v) is 4.85. The molecular weight excluding hydrogens is 506 g/mol. The van der Waals surface area contributed by atoms with Crippen molar-refractivity contribution >= 4 is 12.1 Å². The number of hydrogen-bond acceptors (Lipinski definition) is 6. The summed E-state index contributed by atoms with van der Waals surface area (Å²) in [5.41, 5.74) is 3.92. The van der Waals surface area contributed by atoms with Gasteiger partial charge in [0.25, 0.3) is 0 Å². The van der Waals surface area contributed by atoms with Gasteiger partial charge in [0.2, 0.25) is 0 Å². The minimum atomic E-state index is -0.837. The topological polar surface area (TPSA) is 85.3 Å². The van der Waals surface area contributed by atoms with E-state index >= 15 is 0 Å². The highest BCUT2D eigenvalue weighted by atomic mass is 16.6. The quantitative estimate of drug-likeness (QED) is 0.314. The Hall–Kier alpha value is -3.84. The van der Waals surface area contributed by atoms with Crippen LogP contribution in [0.5, 0.6) is 11.5 Å². The van der Waals surface area contributed by atoms with E-state index in [1.165, 1.54) is 5.56 Å². The molecule has 0 unspecified atom stereocenters. The third-order valence-electron chi connectivity index (χ3n) is 6.86. The Balaban J connectivity index is 1.54. The summed E-state index contributed by atoms with van der Waals surface area (Å²) in [4.78, 5) is 27.2. The van der Waals surface area contributed by atoms with Gasteiger partial charge in [-0.1, -0.05) is 42.0 Å². The number of fused-ring (bicyclic) bond motifs is 1. The van der Waals surface area contributed by atoms with E-state index in [0.717, 1.165) is 29.5 Å². The minimum absolute atomic E-state index is 0.134. The van der Waals surface area contributed by atoms with Crippen LogP contribution in [0.4, 0.5) is 4.79 Å². The van der Waals surface area contributed by atoms with E-state index < -0.39 is 23.8 Å². The van der Waals surface area contributed by atoms with E-state index in [0.29, 0.717) is 30.1 Å². The van der Waals surface area contributed by atoms with E-state index in [2.05, 4.69) is 6.07 Å². The molecular formula is C33H39NO6. The lowest BCUT2D eigenvalue weighted by atomic mass is 9.87.